The fourth-order valence-corrected chi connectivity index (χ4v) is 3.38. The molecule has 0 saturated carbocycles. The van der Waals surface area contributed by atoms with E-state index in [2.05, 4.69) is 98.7 Å². The highest BCUT2D eigenvalue weighted by Crippen LogP contribution is 2.20. The van der Waals surface area contributed by atoms with Gasteiger partial charge in [0.15, 0.2) is 5.96 Å². The Morgan fingerprint density at radius 3 is 2.43 bits per heavy atom. The fraction of sp³-hybridized carbons (Fsp3) is 0.545. The molecular weight excluding hydrogens is 348 g/mol. The van der Waals surface area contributed by atoms with Gasteiger partial charge in [0.05, 0.1) is 18.3 Å². The van der Waals surface area contributed by atoms with Crippen molar-refractivity contribution in [3.8, 4) is 0 Å². The molecule has 1 atom stereocenters. The highest BCUT2D eigenvalue weighted by Gasteiger charge is 2.17. The number of hydrogen-bond acceptors (Lipinski definition) is 3. The zero-order valence-corrected chi connectivity index (χ0v) is 18.5. The number of aromatic nitrogens is 2. The number of nitrogens with one attached hydrogen (secondary N) is 1. The van der Waals surface area contributed by atoms with E-state index < -0.39 is 0 Å². The molecular formula is C22H36N6. The number of guanidine groups is 1. The quantitative estimate of drug-likeness (QED) is 0.561. The number of nitrogens with zero attached hydrogens (tertiary/aromatic N) is 5. The van der Waals surface area contributed by atoms with Crippen LogP contribution in [-0.2, 0) is 13.6 Å². The molecule has 1 N–H and O–H groups in total. The largest absolute Gasteiger partial charge is 0.357 e. The van der Waals surface area contributed by atoms with Gasteiger partial charge < -0.3 is 15.1 Å². The van der Waals surface area contributed by atoms with Crippen molar-refractivity contribution < 1.29 is 0 Å². The van der Waals surface area contributed by atoms with E-state index in [4.69, 9.17) is 4.99 Å². The molecule has 0 radical (unpaired) electrons. The van der Waals surface area contributed by atoms with Gasteiger partial charge in [-0.2, -0.15) is 5.10 Å². The predicted octanol–water partition coefficient (Wildman–Crippen LogP) is 3.24. The van der Waals surface area contributed by atoms with E-state index in [1.807, 2.05) is 11.7 Å². The molecule has 2 aromatic rings. The summed E-state index contributed by atoms with van der Waals surface area (Å²) in [6.07, 6.45) is 2.11. The summed E-state index contributed by atoms with van der Waals surface area (Å²) >= 11 is 0. The van der Waals surface area contributed by atoms with Crippen LogP contribution in [0.1, 0.15) is 49.6 Å². The van der Waals surface area contributed by atoms with Crippen molar-refractivity contribution in [2.45, 2.75) is 39.3 Å². The van der Waals surface area contributed by atoms with E-state index in [1.54, 1.807) is 0 Å². The summed E-state index contributed by atoms with van der Waals surface area (Å²) in [6.45, 7) is 8.80. The summed E-state index contributed by atoms with van der Waals surface area (Å²) in [5.74, 6) is 1.32. The lowest BCUT2D eigenvalue weighted by atomic mass is 10.1. The molecule has 0 amide bonds. The monoisotopic (exact) mass is 384 g/mol. The van der Waals surface area contributed by atoms with Crippen LogP contribution in [0, 0.1) is 0 Å². The maximum absolute atomic E-state index is 4.95. The molecule has 0 saturated heterocycles. The van der Waals surface area contributed by atoms with Gasteiger partial charge in [-0.3, -0.25) is 9.67 Å². The second kappa shape index (κ2) is 10.3. The second-order valence-corrected chi connectivity index (χ2v) is 7.81. The first kappa shape index (κ1) is 22.0. The molecule has 1 heterocycles. The lowest BCUT2D eigenvalue weighted by Crippen LogP contribution is -2.39. The van der Waals surface area contributed by atoms with E-state index in [0.29, 0.717) is 12.5 Å². The first-order valence-corrected chi connectivity index (χ1v) is 10.1. The number of aryl methyl sites for hydroxylation is 1. The summed E-state index contributed by atoms with van der Waals surface area (Å²) in [6, 6.07) is 10.8. The Morgan fingerprint density at radius 1 is 1.18 bits per heavy atom. The molecule has 0 spiro atoms. The highest BCUT2D eigenvalue weighted by molar-refractivity contribution is 5.79. The molecule has 1 unspecified atom stereocenters. The number of likely N-dealkylation sites (N-methyl/N-ethyl adjacent to an activating group) is 1. The maximum Gasteiger partial charge on any atom is 0.194 e. The van der Waals surface area contributed by atoms with Gasteiger partial charge in [0.2, 0.25) is 0 Å². The number of aliphatic imine (C=N–C) groups is 1. The summed E-state index contributed by atoms with van der Waals surface area (Å²) in [5.41, 5.74) is 3.68. The fourth-order valence-electron chi connectivity index (χ4n) is 3.38. The predicted molar refractivity (Wildman–Crippen MR) is 118 cm³/mol. The van der Waals surface area contributed by atoms with Gasteiger partial charge in [0.1, 0.15) is 0 Å². The summed E-state index contributed by atoms with van der Waals surface area (Å²) < 4.78 is 1.90. The lowest BCUT2D eigenvalue weighted by molar-refractivity contribution is 0.305. The van der Waals surface area contributed by atoms with Gasteiger partial charge in [0.25, 0.3) is 0 Å². The zero-order chi connectivity index (χ0) is 20.7. The molecule has 0 bridgehead atoms. The topological polar surface area (TPSA) is 48.7 Å². The highest BCUT2D eigenvalue weighted by atomic mass is 15.3. The minimum absolute atomic E-state index is 0.243. The second-order valence-electron chi connectivity index (χ2n) is 7.81. The Hall–Kier alpha value is -2.34. The molecule has 28 heavy (non-hydrogen) atoms. The normalized spacial score (nSPS) is 13.2. The van der Waals surface area contributed by atoms with Crippen LogP contribution in [0.2, 0.25) is 0 Å². The molecule has 154 valence electrons. The van der Waals surface area contributed by atoms with Crippen molar-refractivity contribution in [1.29, 1.82) is 0 Å². The summed E-state index contributed by atoms with van der Waals surface area (Å²) in [7, 11) is 8.28. The molecule has 2 rings (SSSR count). The smallest absolute Gasteiger partial charge is 0.194 e. The van der Waals surface area contributed by atoms with Crippen LogP contribution < -0.4 is 5.32 Å². The Labute approximate surface area is 170 Å². The Bertz CT molecular complexity index is 748. The Balaban J connectivity index is 2.18. The molecule has 0 aliphatic carbocycles. The van der Waals surface area contributed by atoms with Crippen molar-refractivity contribution in [1.82, 2.24) is 24.9 Å². The van der Waals surface area contributed by atoms with Crippen LogP contribution >= 0.6 is 0 Å². The molecule has 0 fully saturated rings. The van der Waals surface area contributed by atoms with Crippen molar-refractivity contribution in [2.75, 3.05) is 34.2 Å². The SMILES string of the molecule is CCNC(=NCC(c1ccccc1)N(C)C)N(C)Cc1cn(C)nc1C(C)C. The molecule has 1 aromatic carbocycles. The van der Waals surface area contributed by atoms with Gasteiger partial charge in [-0.05, 0) is 32.5 Å². The van der Waals surface area contributed by atoms with Crippen molar-refractivity contribution in [3.05, 3.63) is 53.3 Å². The van der Waals surface area contributed by atoms with Gasteiger partial charge in [-0.1, -0.05) is 44.2 Å². The third kappa shape index (κ3) is 5.83. The zero-order valence-electron chi connectivity index (χ0n) is 18.5. The first-order chi connectivity index (χ1) is 13.3. The minimum Gasteiger partial charge on any atom is -0.357 e. The third-order valence-electron chi connectivity index (χ3n) is 4.81. The van der Waals surface area contributed by atoms with E-state index in [9.17, 15) is 0 Å². The van der Waals surface area contributed by atoms with Gasteiger partial charge in [-0.15, -0.1) is 0 Å². The average molecular weight is 385 g/mol. The van der Waals surface area contributed by atoms with Gasteiger partial charge in [0, 0.05) is 38.9 Å². The lowest BCUT2D eigenvalue weighted by Gasteiger charge is -2.26. The molecule has 0 aliphatic heterocycles. The van der Waals surface area contributed by atoms with Crippen LogP contribution in [0.25, 0.3) is 0 Å². The maximum atomic E-state index is 4.95. The summed E-state index contributed by atoms with van der Waals surface area (Å²) in [5, 5.41) is 8.06. The standard InChI is InChI=1S/C22H36N6/c1-8-23-22(24-14-20(26(4)5)18-12-10-9-11-13-18)27(6)15-19-16-28(7)25-21(19)17(2)3/h9-13,16-17,20H,8,14-15H2,1-7H3,(H,23,24). The van der Waals surface area contributed by atoms with Crippen molar-refractivity contribution >= 4 is 5.96 Å². The molecule has 0 aliphatic rings. The van der Waals surface area contributed by atoms with E-state index >= 15 is 0 Å². The first-order valence-electron chi connectivity index (χ1n) is 10.1. The molecule has 1 aromatic heterocycles. The van der Waals surface area contributed by atoms with Crippen LogP contribution in [0.5, 0.6) is 0 Å². The Kier molecular flexibility index (Phi) is 8.05. The molecule has 6 heteroatoms. The molecule has 6 nitrogen and oxygen atoms in total. The van der Waals surface area contributed by atoms with E-state index in [1.165, 1.54) is 11.1 Å². The Morgan fingerprint density at radius 2 is 1.86 bits per heavy atom. The average Bonchev–Trinajstić information content (AvgIpc) is 3.02. The number of benzene rings is 1. The number of hydrogen-bond donors (Lipinski definition) is 1. The van der Waals surface area contributed by atoms with Crippen molar-refractivity contribution in [2.24, 2.45) is 12.0 Å². The van der Waals surface area contributed by atoms with Gasteiger partial charge >= 0.3 is 0 Å². The minimum atomic E-state index is 0.243. The van der Waals surface area contributed by atoms with Crippen LogP contribution in [0.15, 0.2) is 41.5 Å². The van der Waals surface area contributed by atoms with Crippen LogP contribution in [-0.4, -0.2) is 59.8 Å². The van der Waals surface area contributed by atoms with Crippen molar-refractivity contribution in [3.63, 3.8) is 0 Å². The summed E-state index contributed by atoms with van der Waals surface area (Å²) in [4.78, 5) is 9.36. The van der Waals surface area contributed by atoms with E-state index in [0.717, 1.165) is 24.7 Å². The van der Waals surface area contributed by atoms with Gasteiger partial charge in [-0.25, -0.2) is 0 Å². The van der Waals surface area contributed by atoms with E-state index in [-0.39, 0.29) is 6.04 Å². The van der Waals surface area contributed by atoms with Crippen LogP contribution in [0.3, 0.4) is 0 Å². The van der Waals surface area contributed by atoms with Crippen LogP contribution in [0.4, 0.5) is 0 Å². The third-order valence-corrected chi connectivity index (χ3v) is 4.81. The number of rotatable bonds is 8.